The van der Waals surface area contributed by atoms with Crippen LogP contribution < -0.4 is 5.32 Å². The largest absolute Gasteiger partial charge is 0.365 e. The van der Waals surface area contributed by atoms with Crippen molar-refractivity contribution in [3.05, 3.63) is 12.2 Å². The molecule has 2 aliphatic rings. The Bertz CT molecular complexity index is 375. The number of hydrogen-bond acceptors (Lipinski definition) is 3. The maximum atomic E-state index is 12.1. The van der Waals surface area contributed by atoms with Gasteiger partial charge in [0.05, 0.1) is 13.2 Å². The quantitative estimate of drug-likeness (QED) is 0.788. The minimum Gasteiger partial charge on any atom is -0.365 e. The number of rotatable bonds is 3. The van der Waals surface area contributed by atoms with Crippen LogP contribution in [0.1, 0.15) is 32.1 Å². The second kappa shape index (κ2) is 7.43. The molecule has 5 heteroatoms. The second-order valence-electron chi connectivity index (χ2n) is 5.52. The number of nitrogens with one attached hydrogen (secondary N) is 1. The van der Waals surface area contributed by atoms with Crippen LogP contribution in [0.3, 0.4) is 0 Å². The van der Waals surface area contributed by atoms with Crippen molar-refractivity contribution in [2.75, 3.05) is 26.7 Å². The van der Waals surface area contributed by atoms with Crippen LogP contribution in [0, 0.1) is 5.92 Å². The van der Waals surface area contributed by atoms with Gasteiger partial charge in [-0.1, -0.05) is 25.3 Å². The fraction of sp³-hybridized carbons (Fsp3) is 0.733. The molecule has 0 bridgehead atoms. The molecule has 1 aliphatic heterocycles. The van der Waals surface area contributed by atoms with Crippen LogP contribution in [0.25, 0.3) is 0 Å². The van der Waals surface area contributed by atoms with E-state index in [2.05, 4.69) is 5.32 Å². The number of allylic oxidation sites excluding steroid dienone is 1. The Hall–Kier alpha value is -1.36. The molecular weight excluding hydrogens is 256 g/mol. The first kappa shape index (κ1) is 15.0. The monoisotopic (exact) mass is 280 g/mol. The van der Waals surface area contributed by atoms with Gasteiger partial charge < -0.3 is 15.0 Å². The molecule has 112 valence electrons. The summed E-state index contributed by atoms with van der Waals surface area (Å²) in [5.74, 6) is 0.370. The second-order valence-corrected chi connectivity index (χ2v) is 5.52. The summed E-state index contributed by atoms with van der Waals surface area (Å²) < 4.78 is 5.38. The molecule has 5 nitrogen and oxygen atoms in total. The summed E-state index contributed by atoms with van der Waals surface area (Å²) in [5, 5.41) is 2.56. The molecular formula is C15H24N2O3. The van der Waals surface area contributed by atoms with E-state index < -0.39 is 6.10 Å². The summed E-state index contributed by atoms with van der Waals surface area (Å²) >= 11 is 0. The number of ether oxygens (including phenoxy) is 1. The molecule has 1 saturated heterocycles. The van der Waals surface area contributed by atoms with Crippen LogP contribution in [0.2, 0.25) is 0 Å². The van der Waals surface area contributed by atoms with Crippen LogP contribution in [-0.2, 0) is 14.3 Å². The zero-order chi connectivity index (χ0) is 14.4. The first-order valence-electron chi connectivity index (χ1n) is 7.51. The number of hydrogen-bond donors (Lipinski definition) is 1. The molecule has 0 radical (unpaired) electrons. The maximum absolute atomic E-state index is 12.1. The van der Waals surface area contributed by atoms with E-state index in [-0.39, 0.29) is 11.8 Å². The molecule has 0 aromatic heterocycles. The minimum atomic E-state index is -0.541. The average molecular weight is 280 g/mol. The standard InChI is InChI=1S/C15H24N2O3/c1-16-15(19)13-11-17(9-10-20-13)14(18)8-7-12-5-3-2-4-6-12/h7-8,12-13H,2-6,9-11H2,1H3,(H,16,19)/b8-7+. The van der Waals surface area contributed by atoms with Crippen LogP contribution in [0.4, 0.5) is 0 Å². The van der Waals surface area contributed by atoms with E-state index in [4.69, 9.17) is 4.74 Å². The lowest BCUT2D eigenvalue weighted by Crippen LogP contribution is -2.50. The number of likely N-dealkylation sites (N-methyl/N-ethyl adjacent to an activating group) is 1. The number of morpholine rings is 1. The Morgan fingerprint density at radius 1 is 1.25 bits per heavy atom. The molecule has 0 spiro atoms. The smallest absolute Gasteiger partial charge is 0.250 e. The summed E-state index contributed by atoms with van der Waals surface area (Å²) in [4.78, 5) is 25.4. The topological polar surface area (TPSA) is 58.6 Å². The molecule has 20 heavy (non-hydrogen) atoms. The molecule has 1 aliphatic carbocycles. The highest BCUT2D eigenvalue weighted by molar-refractivity contribution is 5.89. The summed E-state index contributed by atoms with van der Waals surface area (Å²) in [5.41, 5.74) is 0. The van der Waals surface area contributed by atoms with E-state index in [0.717, 1.165) is 0 Å². The Balaban J connectivity index is 1.84. The third-order valence-corrected chi connectivity index (χ3v) is 4.08. The fourth-order valence-electron chi connectivity index (χ4n) is 2.82. The Morgan fingerprint density at radius 3 is 2.70 bits per heavy atom. The highest BCUT2D eigenvalue weighted by atomic mass is 16.5. The van der Waals surface area contributed by atoms with Gasteiger partial charge in [0.1, 0.15) is 0 Å². The van der Waals surface area contributed by atoms with Crippen molar-refractivity contribution >= 4 is 11.8 Å². The van der Waals surface area contributed by atoms with Crippen molar-refractivity contribution in [1.82, 2.24) is 10.2 Å². The fourth-order valence-corrected chi connectivity index (χ4v) is 2.82. The van der Waals surface area contributed by atoms with Crippen molar-refractivity contribution < 1.29 is 14.3 Å². The van der Waals surface area contributed by atoms with Crippen molar-refractivity contribution in [1.29, 1.82) is 0 Å². The van der Waals surface area contributed by atoms with E-state index in [1.807, 2.05) is 6.08 Å². The first-order chi connectivity index (χ1) is 9.70. The van der Waals surface area contributed by atoms with Crippen LogP contribution >= 0.6 is 0 Å². The Kier molecular flexibility index (Phi) is 5.59. The summed E-state index contributed by atoms with van der Waals surface area (Å²) in [6, 6.07) is 0. The van der Waals surface area contributed by atoms with Gasteiger partial charge in [0.2, 0.25) is 5.91 Å². The van der Waals surface area contributed by atoms with Crippen LogP contribution in [0.15, 0.2) is 12.2 Å². The van der Waals surface area contributed by atoms with Gasteiger partial charge in [0.25, 0.3) is 5.91 Å². The minimum absolute atomic E-state index is 0.00669. The van der Waals surface area contributed by atoms with E-state index in [1.165, 1.54) is 32.1 Å². The van der Waals surface area contributed by atoms with Gasteiger partial charge in [-0.15, -0.1) is 0 Å². The molecule has 1 N–H and O–H groups in total. The molecule has 2 fully saturated rings. The third kappa shape index (κ3) is 4.07. The van der Waals surface area contributed by atoms with Gasteiger partial charge in [0.15, 0.2) is 6.10 Å². The van der Waals surface area contributed by atoms with Crippen molar-refractivity contribution in [2.45, 2.75) is 38.2 Å². The van der Waals surface area contributed by atoms with E-state index >= 15 is 0 Å². The lowest BCUT2D eigenvalue weighted by atomic mass is 9.89. The molecule has 1 saturated carbocycles. The third-order valence-electron chi connectivity index (χ3n) is 4.08. The van der Waals surface area contributed by atoms with Gasteiger partial charge >= 0.3 is 0 Å². The van der Waals surface area contributed by atoms with E-state index in [0.29, 0.717) is 25.6 Å². The SMILES string of the molecule is CNC(=O)C1CN(C(=O)/C=C/C2CCCCC2)CCO1. The zero-order valence-corrected chi connectivity index (χ0v) is 12.1. The van der Waals surface area contributed by atoms with E-state index in [1.54, 1.807) is 18.0 Å². The summed E-state index contributed by atoms with van der Waals surface area (Å²) in [7, 11) is 1.58. The van der Waals surface area contributed by atoms with Gasteiger partial charge in [0, 0.05) is 13.6 Å². The Labute approximate surface area is 120 Å². The lowest BCUT2D eigenvalue weighted by molar-refractivity contribution is -0.144. The van der Waals surface area contributed by atoms with Gasteiger partial charge in [-0.2, -0.15) is 0 Å². The highest BCUT2D eigenvalue weighted by Gasteiger charge is 2.27. The zero-order valence-electron chi connectivity index (χ0n) is 12.1. The summed E-state index contributed by atoms with van der Waals surface area (Å²) in [6.45, 7) is 1.32. The van der Waals surface area contributed by atoms with Gasteiger partial charge in [-0.05, 0) is 24.8 Å². The molecule has 1 unspecified atom stereocenters. The molecule has 1 atom stereocenters. The Morgan fingerprint density at radius 2 is 2.00 bits per heavy atom. The number of amides is 2. The van der Waals surface area contributed by atoms with Crippen LogP contribution in [0.5, 0.6) is 0 Å². The van der Waals surface area contributed by atoms with Crippen LogP contribution in [-0.4, -0.2) is 49.6 Å². The summed E-state index contributed by atoms with van der Waals surface area (Å²) in [6.07, 6.45) is 9.41. The number of nitrogens with zero attached hydrogens (tertiary/aromatic N) is 1. The molecule has 0 aromatic rings. The predicted octanol–water partition coefficient (Wildman–Crippen LogP) is 1.10. The predicted molar refractivity (Wildman–Crippen MR) is 76.1 cm³/mol. The number of carbonyl (C=O) groups excluding carboxylic acids is 2. The normalized spacial score (nSPS) is 24.9. The lowest BCUT2D eigenvalue weighted by Gasteiger charge is -2.31. The van der Waals surface area contributed by atoms with Gasteiger partial charge in [-0.3, -0.25) is 9.59 Å². The van der Waals surface area contributed by atoms with Crippen molar-refractivity contribution in [3.63, 3.8) is 0 Å². The van der Waals surface area contributed by atoms with Crippen molar-refractivity contribution in [2.24, 2.45) is 5.92 Å². The van der Waals surface area contributed by atoms with Crippen molar-refractivity contribution in [3.8, 4) is 0 Å². The first-order valence-corrected chi connectivity index (χ1v) is 7.51. The molecule has 2 rings (SSSR count). The number of carbonyl (C=O) groups is 2. The van der Waals surface area contributed by atoms with Gasteiger partial charge in [-0.25, -0.2) is 0 Å². The van der Waals surface area contributed by atoms with E-state index in [9.17, 15) is 9.59 Å². The maximum Gasteiger partial charge on any atom is 0.250 e. The molecule has 0 aromatic carbocycles. The highest BCUT2D eigenvalue weighted by Crippen LogP contribution is 2.24. The molecule has 2 amide bonds. The average Bonchev–Trinajstić information content (AvgIpc) is 2.53. The molecule has 1 heterocycles.